The first-order chi connectivity index (χ1) is 6.88. The van der Waals surface area contributed by atoms with E-state index in [1.54, 1.807) is 6.92 Å². The van der Waals surface area contributed by atoms with Crippen LogP contribution < -0.4 is 0 Å². The molecule has 0 aromatic rings. The third-order valence-electron chi connectivity index (χ3n) is 2.60. The van der Waals surface area contributed by atoms with Crippen molar-refractivity contribution >= 4 is 5.97 Å². The lowest BCUT2D eigenvalue weighted by molar-refractivity contribution is -0.245. The van der Waals surface area contributed by atoms with Crippen molar-refractivity contribution in [3.8, 4) is 0 Å². The monoisotopic (exact) mass is 214 g/mol. The zero-order chi connectivity index (χ0) is 11.6. The van der Waals surface area contributed by atoms with Gasteiger partial charge < -0.3 is 14.6 Å². The van der Waals surface area contributed by atoms with Gasteiger partial charge in [0.1, 0.15) is 0 Å². The molecule has 1 fully saturated rings. The molecule has 0 saturated carbocycles. The van der Waals surface area contributed by atoms with E-state index in [1.807, 2.05) is 13.8 Å². The Labute approximate surface area is 89.9 Å². The second-order valence-corrected chi connectivity index (χ2v) is 4.22. The molecular weight excluding hydrogens is 196 g/mol. The molecule has 0 aliphatic carbocycles. The highest BCUT2D eigenvalue weighted by molar-refractivity contribution is 5.87. The standard InChI is InChI=1S/C11H18O4/c1-7(2)10(12)15-9-5-6-14-11(9,13)8(3)4/h8-9,13H,1,5-6H2,2-4H3. The number of hydrogen-bond donors (Lipinski definition) is 1. The number of carbonyl (C=O) groups is 1. The first-order valence-electron chi connectivity index (χ1n) is 5.10. The van der Waals surface area contributed by atoms with Gasteiger partial charge in [-0.2, -0.15) is 0 Å². The fraction of sp³-hybridized carbons (Fsp3) is 0.727. The van der Waals surface area contributed by atoms with Gasteiger partial charge in [-0.25, -0.2) is 4.79 Å². The van der Waals surface area contributed by atoms with E-state index in [9.17, 15) is 9.90 Å². The molecule has 2 unspecified atom stereocenters. The van der Waals surface area contributed by atoms with Gasteiger partial charge in [0, 0.05) is 17.9 Å². The van der Waals surface area contributed by atoms with E-state index in [0.717, 1.165) is 0 Å². The molecule has 1 heterocycles. The molecule has 1 aliphatic rings. The van der Waals surface area contributed by atoms with E-state index in [2.05, 4.69) is 6.58 Å². The molecule has 0 spiro atoms. The maximum atomic E-state index is 11.3. The first-order valence-corrected chi connectivity index (χ1v) is 5.10. The number of carbonyl (C=O) groups excluding carboxylic acids is 1. The van der Waals surface area contributed by atoms with Crippen LogP contribution in [0.15, 0.2) is 12.2 Å². The minimum atomic E-state index is -1.36. The van der Waals surface area contributed by atoms with Crippen LogP contribution in [-0.4, -0.2) is 29.6 Å². The van der Waals surface area contributed by atoms with E-state index < -0.39 is 17.9 Å². The summed E-state index contributed by atoms with van der Waals surface area (Å²) in [6.45, 7) is 9.13. The molecule has 4 heteroatoms. The summed E-state index contributed by atoms with van der Waals surface area (Å²) in [5.41, 5.74) is 0.327. The maximum absolute atomic E-state index is 11.3. The normalized spacial score (nSPS) is 30.6. The Hall–Kier alpha value is -0.870. The number of rotatable bonds is 3. The van der Waals surface area contributed by atoms with Gasteiger partial charge >= 0.3 is 5.97 Å². The van der Waals surface area contributed by atoms with E-state index in [0.29, 0.717) is 18.6 Å². The van der Waals surface area contributed by atoms with Crippen LogP contribution in [0.2, 0.25) is 0 Å². The van der Waals surface area contributed by atoms with Crippen molar-refractivity contribution in [3.05, 3.63) is 12.2 Å². The summed E-state index contributed by atoms with van der Waals surface area (Å²) < 4.78 is 10.4. The van der Waals surface area contributed by atoms with Gasteiger partial charge in [-0.15, -0.1) is 0 Å². The molecular formula is C11H18O4. The predicted octanol–water partition coefficient (Wildman–Crippen LogP) is 1.24. The summed E-state index contributed by atoms with van der Waals surface area (Å²) in [6.07, 6.45) is -0.0741. The Morgan fingerprint density at radius 2 is 2.27 bits per heavy atom. The van der Waals surface area contributed by atoms with Gasteiger partial charge in [0.05, 0.1) is 6.61 Å². The second-order valence-electron chi connectivity index (χ2n) is 4.22. The van der Waals surface area contributed by atoms with Crippen LogP contribution in [0.4, 0.5) is 0 Å². The Morgan fingerprint density at radius 3 is 2.73 bits per heavy atom. The third-order valence-corrected chi connectivity index (χ3v) is 2.60. The molecule has 15 heavy (non-hydrogen) atoms. The van der Waals surface area contributed by atoms with Crippen molar-refractivity contribution in [1.82, 2.24) is 0 Å². The minimum Gasteiger partial charge on any atom is -0.453 e. The quantitative estimate of drug-likeness (QED) is 0.567. The molecule has 0 amide bonds. The maximum Gasteiger partial charge on any atom is 0.333 e. The fourth-order valence-corrected chi connectivity index (χ4v) is 1.54. The Kier molecular flexibility index (Phi) is 3.52. The van der Waals surface area contributed by atoms with Gasteiger partial charge in [-0.1, -0.05) is 20.4 Å². The van der Waals surface area contributed by atoms with Crippen molar-refractivity contribution in [2.24, 2.45) is 5.92 Å². The molecule has 1 aliphatic heterocycles. The zero-order valence-corrected chi connectivity index (χ0v) is 9.45. The van der Waals surface area contributed by atoms with Crippen molar-refractivity contribution < 1.29 is 19.4 Å². The lowest BCUT2D eigenvalue weighted by Gasteiger charge is -2.31. The van der Waals surface area contributed by atoms with Gasteiger partial charge in [-0.05, 0) is 6.92 Å². The highest BCUT2D eigenvalue weighted by Crippen LogP contribution is 2.33. The van der Waals surface area contributed by atoms with Gasteiger partial charge in [0.15, 0.2) is 6.10 Å². The van der Waals surface area contributed by atoms with Crippen LogP contribution in [0.25, 0.3) is 0 Å². The summed E-state index contributed by atoms with van der Waals surface area (Å²) in [5, 5.41) is 10.1. The summed E-state index contributed by atoms with van der Waals surface area (Å²) in [5.74, 6) is -1.96. The molecule has 1 N–H and O–H groups in total. The summed E-state index contributed by atoms with van der Waals surface area (Å²) in [4.78, 5) is 11.3. The molecule has 1 rings (SSSR count). The molecule has 0 bridgehead atoms. The van der Waals surface area contributed by atoms with Crippen LogP contribution in [0.5, 0.6) is 0 Å². The average Bonchev–Trinajstić information content (AvgIpc) is 2.49. The predicted molar refractivity (Wildman–Crippen MR) is 55.1 cm³/mol. The fourth-order valence-electron chi connectivity index (χ4n) is 1.54. The van der Waals surface area contributed by atoms with Crippen LogP contribution in [0.1, 0.15) is 27.2 Å². The number of aliphatic hydroxyl groups is 1. The Morgan fingerprint density at radius 1 is 1.67 bits per heavy atom. The van der Waals surface area contributed by atoms with Crippen molar-refractivity contribution in [3.63, 3.8) is 0 Å². The minimum absolute atomic E-state index is 0.122. The van der Waals surface area contributed by atoms with E-state index in [4.69, 9.17) is 9.47 Å². The van der Waals surface area contributed by atoms with Crippen molar-refractivity contribution in [2.45, 2.75) is 39.1 Å². The molecule has 86 valence electrons. The smallest absolute Gasteiger partial charge is 0.333 e. The number of esters is 1. The number of hydrogen-bond acceptors (Lipinski definition) is 4. The molecule has 0 aromatic heterocycles. The Balaban J connectivity index is 2.69. The molecule has 2 atom stereocenters. The lowest BCUT2D eigenvalue weighted by Crippen LogP contribution is -2.46. The van der Waals surface area contributed by atoms with Crippen molar-refractivity contribution in [2.75, 3.05) is 6.61 Å². The average molecular weight is 214 g/mol. The number of ether oxygens (including phenoxy) is 2. The molecule has 1 saturated heterocycles. The summed E-state index contributed by atoms with van der Waals surface area (Å²) >= 11 is 0. The lowest BCUT2D eigenvalue weighted by atomic mass is 9.97. The topological polar surface area (TPSA) is 55.8 Å². The van der Waals surface area contributed by atoms with Crippen LogP contribution in [0.3, 0.4) is 0 Å². The van der Waals surface area contributed by atoms with E-state index in [-0.39, 0.29) is 5.92 Å². The largest absolute Gasteiger partial charge is 0.453 e. The second kappa shape index (κ2) is 4.33. The van der Waals surface area contributed by atoms with Crippen LogP contribution >= 0.6 is 0 Å². The molecule has 4 nitrogen and oxygen atoms in total. The van der Waals surface area contributed by atoms with Crippen LogP contribution in [0, 0.1) is 5.92 Å². The summed E-state index contributed by atoms with van der Waals surface area (Å²) in [7, 11) is 0. The third kappa shape index (κ3) is 2.38. The van der Waals surface area contributed by atoms with Gasteiger partial charge in [-0.3, -0.25) is 0 Å². The van der Waals surface area contributed by atoms with Crippen LogP contribution in [-0.2, 0) is 14.3 Å². The van der Waals surface area contributed by atoms with Crippen molar-refractivity contribution in [1.29, 1.82) is 0 Å². The highest BCUT2D eigenvalue weighted by Gasteiger charge is 2.47. The first kappa shape index (κ1) is 12.2. The summed E-state index contributed by atoms with van der Waals surface area (Å²) in [6, 6.07) is 0. The van der Waals surface area contributed by atoms with E-state index in [1.165, 1.54) is 0 Å². The highest BCUT2D eigenvalue weighted by atomic mass is 16.7. The van der Waals surface area contributed by atoms with Gasteiger partial charge in [0.25, 0.3) is 0 Å². The Bertz CT molecular complexity index is 272. The van der Waals surface area contributed by atoms with E-state index >= 15 is 0 Å². The van der Waals surface area contributed by atoms with Gasteiger partial charge in [0.2, 0.25) is 5.79 Å². The molecule has 0 aromatic carbocycles. The SMILES string of the molecule is C=C(C)C(=O)OC1CCOC1(O)C(C)C. The zero-order valence-electron chi connectivity index (χ0n) is 9.45. The molecule has 0 radical (unpaired) electrons.